The number of unbranched alkanes of at least 4 members (excludes halogenated alkanes) is 1. The number of amides is 1. The molecular formula is C27H32BrFN6O2. The SMILES string of the molecule is Cc1cc(Br)ccc1Nc1c(C(=O)NOCC2=CC2)cc2c(ncn2CCCCN2CCNCC2)c1F. The average Bonchev–Trinajstić information content (AvgIpc) is 3.63. The van der Waals surface area contributed by atoms with Crippen LogP contribution in [0.4, 0.5) is 15.8 Å². The van der Waals surface area contributed by atoms with Crippen LogP contribution in [0.3, 0.4) is 0 Å². The number of hydroxylamine groups is 1. The lowest BCUT2D eigenvalue weighted by Gasteiger charge is -2.27. The summed E-state index contributed by atoms with van der Waals surface area (Å²) >= 11 is 3.46. The molecule has 0 saturated carbocycles. The number of hydrogen-bond donors (Lipinski definition) is 3. The van der Waals surface area contributed by atoms with Gasteiger partial charge < -0.3 is 20.1 Å². The van der Waals surface area contributed by atoms with Crippen LogP contribution in [0.15, 0.2) is 46.7 Å². The minimum atomic E-state index is -0.561. The van der Waals surface area contributed by atoms with Crippen molar-refractivity contribution in [2.75, 3.05) is 44.6 Å². The van der Waals surface area contributed by atoms with Crippen molar-refractivity contribution in [2.45, 2.75) is 32.7 Å². The molecule has 0 unspecified atom stereocenters. The van der Waals surface area contributed by atoms with Gasteiger partial charge in [-0.25, -0.2) is 14.9 Å². The molecule has 8 nitrogen and oxygen atoms in total. The predicted octanol–water partition coefficient (Wildman–Crippen LogP) is 4.67. The highest BCUT2D eigenvalue weighted by atomic mass is 79.9. The maximum Gasteiger partial charge on any atom is 0.277 e. The first-order valence-corrected chi connectivity index (χ1v) is 13.5. The zero-order valence-corrected chi connectivity index (χ0v) is 22.5. The minimum Gasteiger partial charge on any atom is -0.352 e. The molecule has 1 aliphatic heterocycles. The molecule has 196 valence electrons. The molecule has 1 fully saturated rings. The van der Waals surface area contributed by atoms with Gasteiger partial charge in [-0.3, -0.25) is 9.63 Å². The zero-order valence-electron chi connectivity index (χ0n) is 20.9. The Hall–Kier alpha value is -2.79. The molecule has 37 heavy (non-hydrogen) atoms. The van der Waals surface area contributed by atoms with Crippen molar-refractivity contribution in [1.82, 2.24) is 25.2 Å². The summed E-state index contributed by atoms with van der Waals surface area (Å²) in [6, 6.07) is 7.35. The number of carbonyl (C=O) groups is 1. The Morgan fingerprint density at radius 3 is 2.76 bits per heavy atom. The van der Waals surface area contributed by atoms with Gasteiger partial charge >= 0.3 is 0 Å². The fraction of sp³-hybridized carbons (Fsp3) is 0.407. The summed E-state index contributed by atoms with van der Waals surface area (Å²) in [6.45, 7) is 8.22. The van der Waals surface area contributed by atoms with Gasteiger partial charge in [0.2, 0.25) is 0 Å². The second-order valence-corrected chi connectivity index (χ2v) is 10.5. The number of rotatable bonds is 11. The summed E-state index contributed by atoms with van der Waals surface area (Å²) in [6.07, 6.45) is 6.57. The van der Waals surface area contributed by atoms with Crippen LogP contribution >= 0.6 is 15.9 Å². The van der Waals surface area contributed by atoms with Gasteiger partial charge in [-0.2, -0.15) is 0 Å². The number of hydrogen-bond acceptors (Lipinski definition) is 6. The number of anilines is 2. The van der Waals surface area contributed by atoms with E-state index in [9.17, 15) is 4.79 Å². The molecule has 0 radical (unpaired) electrons. The van der Waals surface area contributed by atoms with E-state index in [-0.39, 0.29) is 16.8 Å². The Morgan fingerprint density at radius 1 is 1.22 bits per heavy atom. The van der Waals surface area contributed by atoms with Crippen LogP contribution in [-0.4, -0.2) is 59.7 Å². The molecule has 0 bridgehead atoms. The fourth-order valence-corrected chi connectivity index (χ4v) is 5.01. The van der Waals surface area contributed by atoms with Crippen LogP contribution in [0.5, 0.6) is 0 Å². The van der Waals surface area contributed by atoms with Gasteiger partial charge in [0.25, 0.3) is 5.91 Å². The summed E-state index contributed by atoms with van der Waals surface area (Å²) in [5.74, 6) is -1.07. The number of aromatic nitrogens is 2. The van der Waals surface area contributed by atoms with Gasteiger partial charge in [0, 0.05) is 42.9 Å². The Morgan fingerprint density at radius 2 is 2.00 bits per heavy atom. The van der Waals surface area contributed by atoms with E-state index in [1.165, 1.54) is 0 Å². The highest BCUT2D eigenvalue weighted by Gasteiger charge is 2.23. The molecule has 0 atom stereocenters. The first-order chi connectivity index (χ1) is 18.0. The van der Waals surface area contributed by atoms with Gasteiger partial charge in [-0.05, 0) is 68.1 Å². The minimum absolute atomic E-state index is 0.0774. The van der Waals surface area contributed by atoms with E-state index < -0.39 is 11.7 Å². The third-order valence-electron chi connectivity index (χ3n) is 6.80. The van der Waals surface area contributed by atoms with Crippen molar-refractivity contribution in [3.63, 3.8) is 0 Å². The topological polar surface area (TPSA) is 83.5 Å². The molecule has 3 N–H and O–H groups in total. The normalized spacial score (nSPS) is 15.6. The lowest BCUT2D eigenvalue weighted by Crippen LogP contribution is -2.43. The number of nitrogens with zero attached hydrogens (tertiary/aromatic N) is 3. The molecule has 3 aromatic rings. The molecule has 10 heteroatoms. The third-order valence-corrected chi connectivity index (χ3v) is 7.29. The number of fused-ring (bicyclic) bond motifs is 1. The molecule has 2 heterocycles. The largest absolute Gasteiger partial charge is 0.352 e. The Kier molecular flexibility index (Phi) is 8.19. The van der Waals surface area contributed by atoms with Crippen LogP contribution in [0.2, 0.25) is 0 Å². The van der Waals surface area contributed by atoms with Crippen LogP contribution in [0.1, 0.15) is 35.2 Å². The van der Waals surface area contributed by atoms with E-state index in [1.807, 2.05) is 35.8 Å². The van der Waals surface area contributed by atoms with Crippen LogP contribution < -0.4 is 16.1 Å². The summed E-state index contributed by atoms with van der Waals surface area (Å²) in [4.78, 5) is 25.3. The lowest BCUT2D eigenvalue weighted by atomic mass is 10.1. The van der Waals surface area contributed by atoms with Crippen LogP contribution in [-0.2, 0) is 11.4 Å². The smallest absolute Gasteiger partial charge is 0.277 e. The first-order valence-electron chi connectivity index (χ1n) is 12.7. The van der Waals surface area contributed by atoms with E-state index >= 15 is 4.39 Å². The number of carbonyl (C=O) groups excluding carboxylic acids is 1. The van der Waals surface area contributed by atoms with Crippen molar-refractivity contribution in [1.29, 1.82) is 0 Å². The zero-order chi connectivity index (χ0) is 25.8. The van der Waals surface area contributed by atoms with Crippen molar-refractivity contribution >= 4 is 44.2 Å². The Labute approximate surface area is 224 Å². The van der Waals surface area contributed by atoms with E-state index in [2.05, 4.69) is 41.9 Å². The summed E-state index contributed by atoms with van der Waals surface area (Å²) in [5, 5.41) is 6.51. The molecular weight excluding hydrogens is 539 g/mol. The van der Waals surface area contributed by atoms with E-state index in [0.29, 0.717) is 24.4 Å². The van der Waals surface area contributed by atoms with Crippen molar-refractivity contribution < 1.29 is 14.0 Å². The molecule has 0 spiro atoms. The number of imidazole rings is 1. The Bertz CT molecular complexity index is 1320. The molecule has 1 aromatic heterocycles. The number of allylic oxidation sites excluding steroid dienone is 1. The highest BCUT2D eigenvalue weighted by molar-refractivity contribution is 9.10. The maximum atomic E-state index is 15.9. The molecule has 1 saturated heterocycles. The molecule has 2 aromatic carbocycles. The standard InChI is InChI=1S/C27H32BrFN6O2/c1-18-14-20(28)6-7-22(18)32-25-21(27(36)33-37-16-19-4-5-19)15-23-26(24(25)29)31-17-35(23)11-3-2-10-34-12-8-30-9-13-34/h4,6-7,14-15,17,30,32H,2-3,5,8-13,16H2,1H3,(H,33,36). The second kappa shape index (κ2) is 11.7. The maximum absolute atomic E-state index is 15.9. The number of piperazine rings is 1. The number of halogens is 2. The summed E-state index contributed by atoms with van der Waals surface area (Å²) in [7, 11) is 0. The molecule has 1 amide bonds. The van der Waals surface area contributed by atoms with Gasteiger partial charge in [0.1, 0.15) is 5.52 Å². The number of benzene rings is 2. The molecule has 5 rings (SSSR count). The molecule has 1 aliphatic carbocycles. The third kappa shape index (κ3) is 6.38. The van der Waals surface area contributed by atoms with Gasteiger partial charge in [0.05, 0.1) is 29.7 Å². The van der Waals surface area contributed by atoms with Crippen molar-refractivity contribution in [2.24, 2.45) is 0 Å². The summed E-state index contributed by atoms with van der Waals surface area (Å²) in [5.41, 5.74) is 6.29. The van der Waals surface area contributed by atoms with Crippen LogP contribution in [0, 0.1) is 12.7 Å². The van der Waals surface area contributed by atoms with Gasteiger partial charge in [0.15, 0.2) is 5.82 Å². The fourth-order valence-electron chi connectivity index (χ4n) is 4.53. The van der Waals surface area contributed by atoms with E-state index in [1.54, 1.807) is 12.4 Å². The monoisotopic (exact) mass is 570 g/mol. The predicted molar refractivity (Wildman–Crippen MR) is 147 cm³/mol. The van der Waals surface area contributed by atoms with Crippen LogP contribution in [0.25, 0.3) is 11.0 Å². The van der Waals surface area contributed by atoms with Gasteiger partial charge in [-0.15, -0.1) is 0 Å². The number of nitrogens with one attached hydrogen (secondary N) is 3. The molecule has 2 aliphatic rings. The van der Waals surface area contributed by atoms with E-state index in [0.717, 1.165) is 67.6 Å². The first kappa shape index (κ1) is 25.8. The summed E-state index contributed by atoms with van der Waals surface area (Å²) < 4.78 is 18.7. The Balaban J connectivity index is 1.38. The van der Waals surface area contributed by atoms with Gasteiger partial charge in [-0.1, -0.05) is 22.0 Å². The highest BCUT2D eigenvalue weighted by Crippen LogP contribution is 2.33. The average molecular weight is 571 g/mol. The second-order valence-electron chi connectivity index (χ2n) is 9.59. The quantitative estimate of drug-likeness (QED) is 0.176. The van der Waals surface area contributed by atoms with Crippen molar-refractivity contribution in [3.8, 4) is 0 Å². The van der Waals surface area contributed by atoms with Crippen molar-refractivity contribution in [3.05, 3.63) is 63.7 Å². The van der Waals surface area contributed by atoms with E-state index in [4.69, 9.17) is 4.84 Å². The number of aryl methyl sites for hydroxylation is 2. The lowest BCUT2D eigenvalue weighted by molar-refractivity contribution is 0.0408.